The van der Waals surface area contributed by atoms with Crippen LogP contribution in [0.1, 0.15) is 25.1 Å². The molecule has 2 aliphatic heterocycles. The lowest BCUT2D eigenvalue weighted by Crippen LogP contribution is -2.32. The van der Waals surface area contributed by atoms with Crippen molar-refractivity contribution in [3.63, 3.8) is 0 Å². The normalized spacial score (nSPS) is 15.1. The molecule has 0 saturated heterocycles. The minimum absolute atomic E-state index is 0.0549. The second-order valence-electron chi connectivity index (χ2n) is 10.1. The molecular weight excluding hydrogens is 596 g/mol. The minimum atomic E-state index is -3.40. The summed E-state index contributed by atoms with van der Waals surface area (Å²) in [5.41, 5.74) is 6.95. The Morgan fingerprint density at radius 3 is 2.73 bits per heavy atom. The molecule has 2 aromatic carbocycles. The van der Waals surface area contributed by atoms with Crippen molar-refractivity contribution >= 4 is 60.5 Å². The van der Waals surface area contributed by atoms with Gasteiger partial charge >= 0.3 is 0 Å². The fourth-order valence-electron chi connectivity index (χ4n) is 5.26. The Balaban J connectivity index is 1.37. The lowest BCUT2D eigenvalue weighted by molar-refractivity contribution is 0.416. The number of benzene rings is 2. The van der Waals surface area contributed by atoms with Gasteiger partial charge in [-0.15, -0.1) is 0 Å². The fraction of sp³-hybridized carbons (Fsp3) is 0.296. The molecule has 0 amide bonds. The molecule has 4 aromatic rings. The number of anilines is 6. The Labute approximate surface area is 241 Å². The largest absolute Gasteiger partial charge is 0.494 e. The van der Waals surface area contributed by atoms with Crippen LogP contribution in [0.15, 0.2) is 47.2 Å². The monoisotopic (exact) mass is 624 g/mol. The maximum absolute atomic E-state index is 12.1. The number of hydrogen-bond acceptors (Lipinski definition) is 9. The standard InChI is InChI=1S/C27H29BrN8O3S/c1-15(2)36-9-8-22-18(12-30-35(22)3)17-10-21(24(39-4)11-23(17)36)32-27-29-13-19(28)26(33-27)31-20-7-5-6-16-14-40(37,38)34-25(16)20/h5-7,10-13,15,34H,8-9,14H2,1-4H3,(H2,29,31,32,33). The van der Waals surface area contributed by atoms with Crippen LogP contribution in [0.4, 0.5) is 34.5 Å². The first kappa shape index (κ1) is 26.4. The summed E-state index contributed by atoms with van der Waals surface area (Å²) in [4.78, 5) is 11.5. The van der Waals surface area contributed by atoms with E-state index in [1.165, 1.54) is 5.69 Å². The molecule has 0 spiro atoms. The average molecular weight is 626 g/mol. The van der Waals surface area contributed by atoms with Crippen LogP contribution >= 0.6 is 15.9 Å². The van der Waals surface area contributed by atoms with Gasteiger partial charge in [0.2, 0.25) is 16.0 Å². The molecule has 40 heavy (non-hydrogen) atoms. The Morgan fingerprint density at radius 1 is 1.12 bits per heavy atom. The molecule has 2 aliphatic rings. The summed E-state index contributed by atoms with van der Waals surface area (Å²) in [5.74, 6) is 1.43. The Kier molecular flexibility index (Phi) is 6.57. The van der Waals surface area contributed by atoms with Gasteiger partial charge in [-0.05, 0) is 47.5 Å². The molecular formula is C27H29BrN8O3S. The van der Waals surface area contributed by atoms with E-state index in [9.17, 15) is 8.42 Å². The third-order valence-corrected chi connectivity index (χ3v) is 8.98. The van der Waals surface area contributed by atoms with Crippen LogP contribution in [0.3, 0.4) is 0 Å². The second-order valence-corrected chi connectivity index (χ2v) is 12.7. The smallest absolute Gasteiger partial charge is 0.237 e. The number of para-hydroxylation sites is 1. The second kappa shape index (κ2) is 9.97. The van der Waals surface area contributed by atoms with Crippen molar-refractivity contribution in [2.75, 3.05) is 33.9 Å². The van der Waals surface area contributed by atoms with E-state index in [0.29, 0.717) is 50.7 Å². The molecule has 6 rings (SSSR count). The maximum Gasteiger partial charge on any atom is 0.237 e. The van der Waals surface area contributed by atoms with Gasteiger partial charge in [0.15, 0.2) is 0 Å². The van der Waals surface area contributed by atoms with Gasteiger partial charge in [0, 0.05) is 60.8 Å². The number of nitrogens with zero attached hydrogens (tertiary/aromatic N) is 5. The first-order chi connectivity index (χ1) is 19.1. The zero-order chi connectivity index (χ0) is 28.2. The van der Waals surface area contributed by atoms with Gasteiger partial charge in [-0.1, -0.05) is 12.1 Å². The number of sulfonamides is 1. The molecule has 0 saturated carbocycles. The van der Waals surface area contributed by atoms with E-state index in [-0.39, 0.29) is 5.75 Å². The van der Waals surface area contributed by atoms with Crippen molar-refractivity contribution in [2.45, 2.75) is 32.1 Å². The highest BCUT2D eigenvalue weighted by Crippen LogP contribution is 2.44. The zero-order valence-corrected chi connectivity index (χ0v) is 24.9. The van der Waals surface area contributed by atoms with Crippen LogP contribution in [0.5, 0.6) is 5.75 Å². The SMILES string of the molecule is COc1cc2c(cc1Nc1ncc(Br)c(Nc3cccc4c3NS(=O)(=O)C4)n1)-c1cnn(C)c1CCN2C(C)C. The maximum atomic E-state index is 12.1. The van der Waals surface area contributed by atoms with Gasteiger partial charge in [-0.2, -0.15) is 10.1 Å². The van der Waals surface area contributed by atoms with Crippen LogP contribution in [0, 0.1) is 0 Å². The molecule has 0 unspecified atom stereocenters. The Bertz CT molecular complexity index is 1740. The van der Waals surface area contributed by atoms with Gasteiger partial charge in [0.05, 0.1) is 40.6 Å². The summed E-state index contributed by atoms with van der Waals surface area (Å²) in [6.45, 7) is 5.25. The molecule has 2 aromatic heterocycles. The van der Waals surface area contributed by atoms with E-state index >= 15 is 0 Å². The van der Waals surface area contributed by atoms with E-state index in [1.807, 2.05) is 24.0 Å². The van der Waals surface area contributed by atoms with Gasteiger partial charge in [0.25, 0.3) is 0 Å². The number of rotatable bonds is 6. The van der Waals surface area contributed by atoms with Crippen molar-refractivity contribution in [1.29, 1.82) is 0 Å². The first-order valence-electron chi connectivity index (χ1n) is 12.8. The van der Waals surface area contributed by atoms with Crippen LogP contribution in [0.25, 0.3) is 11.1 Å². The number of methoxy groups -OCH3 is 1. The molecule has 0 fully saturated rings. The molecule has 0 radical (unpaired) electrons. The number of nitrogens with one attached hydrogen (secondary N) is 3. The zero-order valence-electron chi connectivity index (χ0n) is 22.5. The van der Waals surface area contributed by atoms with Crippen molar-refractivity contribution < 1.29 is 13.2 Å². The van der Waals surface area contributed by atoms with Gasteiger partial charge in [0.1, 0.15) is 11.6 Å². The predicted octanol–water partition coefficient (Wildman–Crippen LogP) is 5.16. The van der Waals surface area contributed by atoms with Crippen LogP contribution in [0.2, 0.25) is 0 Å². The summed E-state index contributed by atoms with van der Waals surface area (Å²) >= 11 is 3.51. The first-order valence-corrected chi connectivity index (χ1v) is 15.3. The summed E-state index contributed by atoms with van der Waals surface area (Å²) in [6.07, 6.45) is 4.44. The predicted molar refractivity (Wildman–Crippen MR) is 160 cm³/mol. The number of hydrogen-bond donors (Lipinski definition) is 3. The quantitative estimate of drug-likeness (QED) is 0.266. The summed E-state index contributed by atoms with van der Waals surface area (Å²) < 4.78 is 35.3. The highest BCUT2D eigenvalue weighted by Gasteiger charge is 2.28. The highest BCUT2D eigenvalue weighted by atomic mass is 79.9. The number of aromatic nitrogens is 4. The minimum Gasteiger partial charge on any atom is -0.494 e. The van der Waals surface area contributed by atoms with E-state index in [1.54, 1.807) is 25.4 Å². The summed E-state index contributed by atoms with van der Waals surface area (Å²) in [7, 11) is 0.223. The average Bonchev–Trinajstić information content (AvgIpc) is 3.38. The molecule has 0 aliphatic carbocycles. The third kappa shape index (κ3) is 4.73. The van der Waals surface area contributed by atoms with E-state index in [2.05, 4.69) is 77.2 Å². The fourth-order valence-corrected chi connectivity index (χ4v) is 6.83. The molecule has 0 atom stereocenters. The van der Waals surface area contributed by atoms with Crippen LogP contribution < -0.4 is 25.0 Å². The van der Waals surface area contributed by atoms with Crippen molar-refractivity contribution in [2.24, 2.45) is 7.05 Å². The number of halogens is 1. The summed E-state index contributed by atoms with van der Waals surface area (Å²) in [6, 6.07) is 9.82. The molecule has 3 N–H and O–H groups in total. The lowest BCUT2D eigenvalue weighted by atomic mass is 10.0. The topological polar surface area (TPSA) is 126 Å². The van der Waals surface area contributed by atoms with Crippen molar-refractivity contribution in [3.8, 4) is 16.9 Å². The van der Waals surface area contributed by atoms with Gasteiger partial charge in [-0.25, -0.2) is 13.4 Å². The molecule has 0 bridgehead atoms. The molecule has 4 heterocycles. The van der Waals surface area contributed by atoms with Gasteiger partial charge < -0.3 is 20.3 Å². The van der Waals surface area contributed by atoms with Crippen LogP contribution in [-0.2, 0) is 29.2 Å². The van der Waals surface area contributed by atoms with Gasteiger partial charge in [-0.3, -0.25) is 9.40 Å². The van der Waals surface area contributed by atoms with Crippen molar-refractivity contribution in [3.05, 3.63) is 58.5 Å². The Morgan fingerprint density at radius 2 is 1.95 bits per heavy atom. The number of aryl methyl sites for hydroxylation is 1. The summed E-state index contributed by atoms with van der Waals surface area (Å²) in [5, 5.41) is 11.1. The van der Waals surface area contributed by atoms with E-state index in [4.69, 9.17) is 4.74 Å². The third-order valence-electron chi connectivity index (χ3n) is 7.19. The Hall–Kier alpha value is -3.84. The molecule has 11 nitrogen and oxygen atoms in total. The molecule has 208 valence electrons. The van der Waals surface area contributed by atoms with E-state index < -0.39 is 10.0 Å². The number of ether oxygens (including phenoxy) is 1. The lowest BCUT2D eigenvalue weighted by Gasteiger charge is -2.30. The molecule has 13 heteroatoms. The van der Waals surface area contributed by atoms with E-state index in [0.717, 1.165) is 29.8 Å². The highest BCUT2D eigenvalue weighted by molar-refractivity contribution is 9.10. The van der Waals surface area contributed by atoms with Crippen LogP contribution in [-0.4, -0.2) is 47.9 Å². The van der Waals surface area contributed by atoms with Crippen molar-refractivity contribution in [1.82, 2.24) is 19.7 Å². The number of fused-ring (bicyclic) bond motifs is 4.